The van der Waals surface area contributed by atoms with Gasteiger partial charge in [-0.25, -0.2) is 4.98 Å². The fourth-order valence-electron chi connectivity index (χ4n) is 2.28. The molecule has 0 saturated heterocycles. The number of rotatable bonds is 7. The van der Waals surface area contributed by atoms with E-state index in [2.05, 4.69) is 10.3 Å². The summed E-state index contributed by atoms with van der Waals surface area (Å²) in [5.41, 5.74) is 0.359. The monoisotopic (exact) mass is 392 g/mol. The molecule has 7 nitrogen and oxygen atoms in total. The molecule has 0 spiro atoms. The number of ether oxygens (including phenoxy) is 2. The lowest BCUT2D eigenvalue weighted by Crippen LogP contribution is -2.16. The molecule has 1 heterocycles. The molecule has 146 valence electrons. The Morgan fingerprint density at radius 3 is 2.04 bits per heavy atom. The second-order valence-corrected chi connectivity index (χ2v) is 9.04. The molecular weight excluding hydrogens is 367 g/mol. The molecule has 0 fully saturated rings. The Labute approximate surface area is 159 Å². The third-order valence-corrected chi connectivity index (χ3v) is 4.58. The van der Waals surface area contributed by atoms with Gasteiger partial charge in [0.05, 0.1) is 17.5 Å². The van der Waals surface area contributed by atoms with Crippen LogP contribution >= 0.6 is 7.37 Å². The van der Waals surface area contributed by atoms with Crippen LogP contribution in [0, 0.1) is 0 Å². The van der Waals surface area contributed by atoms with Crippen molar-refractivity contribution in [2.24, 2.45) is 0 Å². The summed E-state index contributed by atoms with van der Waals surface area (Å²) in [4.78, 5) is 26.2. The number of aromatic nitrogens is 1. The van der Waals surface area contributed by atoms with Gasteiger partial charge >= 0.3 is 0 Å². The SMILES string of the molecule is CC(C)Oc1cc(OC(C)C)cc(C(=O)Nc2ccc(P(C)(=O)O)cn2)c1. The number of hydrogen-bond acceptors (Lipinski definition) is 5. The van der Waals surface area contributed by atoms with E-state index in [0.717, 1.165) is 0 Å². The van der Waals surface area contributed by atoms with Crippen LogP contribution in [0.4, 0.5) is 5.82 Å². The van der Waals surface area contributed by atoms with Gasteiger partial charge in [-0.1, -0.05) is 0 Å². The van der Waals surface area contributed by atoms with Crippen LogP contribution in [0.15, 0.2) is 36.5 Å². The zero-order valence-corrected chi connectivity index (χ0v) is 17.0. The predicted molar refractivity (Wildman–Crippen MR) is 106 cm³/mol. The lowest BCUT2D eigenvalue weighted by atomic mass is 10.2. The van der Waals surface area contributed by atoms with Gasteiger partial charge in [0.1, 0.15) is 17.3 Å². The van der Waals surface area contributed by atoms with E-state index >= 15 is 0 Å². The van der Waals surface area contributed by atoms with Gasteiger partial charge in [-0.3, -0.25) is 9.36 Å². The van der Waals surface area contributed by atoms with Crippen LogP contribution in [0.1, 0.15) is 38.1 Å². The number of nitrogens with zero attached hydrogens (tertiary/aromatic N) is 1. The molecule has 0 radical (unpaired) electrons. The highest BCUT2D eigenvalue weighted by Crippen LogP contribution is 2.33. The van der Waals surface area contributed by atoms with Crippen molar-refractivity contribution < 1.29 is 23.7 Å². The van der Waals surface area contributed by atoms with Gasteiger partial charge in [-0.15, -0.1) is 0 Å². The summed E-state index contributed by atoms with van der Waals surface area (Å²) in [5.74, 6) is 0.952. The maximum atomic E-state index is 12.6. The third kappa shape index (κ3) is 6.38. The molecular formula is C19H25N2O5P. The van der Waals surface area contributed by atoms with Crippen LogP contribution < -0.4 is 20.1 Å². The minimum atomic E-state index is -3.38. The van der Waals surface area contributed by atoms with Crippen molar-refractivity contribution in [2.45, 2.75) is 39.9 Å². The molecule has 1 aromatic heterocycles. The number of hydrogen-bond donors (Lipinski definition) is 2. The number of pyridine rings is 1. The normalized spacial score (nSPS) is 13.3. The van der Waals surface area contributed by atoms with Gasteiger partial charge in [0.25, 0.3) is 5.91 Å². The van der Waals surface area contributed by atoms with Crippen LogP contribution in [0.25, 0.3) is 0 Å². The largest absolute Gasteiger partial charge is 0.491 e. The number of nitrogens with one attached hydrogen (secondary N) is 1. The van der Waals surface area contributed by atoms with Crippen molar-refractivity contribution in [1.29, 1.82) is 0 Å². The van der Waals surface area contributed by atoms with Crippen molar-refractivity contribution in [2.75, 3.05) is 12.0 Å². The molecule has 0 aliphatic heterocycles. The molecule has 1 aromatic carbocycles. The topological polar surface area (TPSA) is 97.8 Å². The van der Waals surface area contributed by atoms with Crippen molar-refractivity contribution in [3.8, 4) is 11.5 Å². The zero-order valence-electron chi connectivity index (χ0n) is 16.1. The maximum absolute atomic E-state index is 12.6. The van der Waals surface area contributed by atoms with E-state index in [4.69, 9.17) is 9.47 Å². The Morgan fingerprint density at radius 1 is 1.07 bits per heavy atom. The summed E-state index contributed by atoms with van der Waals surface area (Å²) < 4.78 is 23.0. The summed E-state index contributed by atoms with van der Waals surface area (Å²) in [6, 6.07) is 7.95. The first kappa shape index (κ1) is 20.9. The molecule has 0 aliphatic carbocycles. The molecule has 1 atom stereocenters. The Balaban J connectivity index is 2.24. The molecule has 0 saturated carbocycles. The first-order valence-electron chi connectivity index (χ1n) is 8.61. The van der Waals surface area contributed by atoms with E-state index in [-0.39, 0.29) is 29.2 Å². The van der Waals surface area contributed by atoms with E-state index in [1.54, 1.807) is 18.2 Å². The van der Waals surface area contributed by atoms with Crippen LogP contribution in [-0.2, 0) is 4.57 Å². The number of benzene rings is 1. The molecule has 2 aromatic rings. The lowest BCUT2D eigenvalue weighted by molar-refractivity contribution is 0.102. The molecule has 1 amide bonds. The van der Waals surface area contributed by atoms with Gasteiger partial charge < -0.3 is 19.7 Å². The highest BCUT2D eigenvalue weighted by molar-refractivity contribution is 7.65. The first-order valence-corrected chi connectivity index (χ1v) is 10.7. The van der Waals surface area contributed by atoms with Crippen LogP contribution in [-0.4, -0.2) is 34.7 Å². The zero-order chi connectivity index (χ0) is 20.2. The smallest absolute Gasteiger partial charge is 0.257 e. The highest BCUT2D eigenvalue weighted by atomic mass is 31.2. The van der Waals surface area contributed by atoms with Gasteiger partial charge in [-0.05, 0) is 52.0 Å². The van der Waals surface area contributed by atoms with E-state index in [1.807, 2.05) is 27.7 Å². The summed E-state index contributed by atoms with van der Waals surface area (Å²) in [6.45, 7) is 8.83. The second-order valence-electron chi connectivity index (χ2n) is 6.76. The standard InChI is InChI=1S/C19H25N2O5P/c1-12(2)25-15-8-14(9-16(10-15)26-13(3)4)19(22)21-18-7-6-17(11-20-18)27(5,23)24/h6-13H,1-5H3,(H,23,24)(H,20,21,22). The molecule has 27 heavy (non-hydrogen) atoms. The lowest BCUT2D eigenvalue weighted by Gasteiger charge is -2.15. The van der Waals surface area contributed by atoms with Crippen molar-refractivity contribution in [3.63, 3.8) is 0 Å². The van der Waals surface area contributed by atoms with Crippen molar-refractivity contribution in [1.82, 2.24) is 4.98 Å². The van der Waals surface area contributed by atoms with E-state index in [0.29, 0.717) is 17.1 Å². The average Bonchev–Trinajstić information content (AvgIpc) is 2.53. The van der Waals surface area contributed by atoms with Gasteiger partial charge in [0, 0.05) is 24.5 Å². The third-order valence-electron chi connectivity index (χ3n) is 3.35. The summed E-state index contributed by atoms with van der Waals surface area (Å²) in [7, 11) is -3.38. The maximum Gasteiger partial charge on any atom is 0.257 e. The quantitative estimate of drug-likeness (QED) is 0.701. The van der Waals surface area contributed by atoms with Gasteiger partial charge in [0.2, 0.25) is 7.37 Å². The Bertz CT molecular complexity index is 815. The van der Waals surface area contributed by atoms with Gasteiger partial charge in [0.15, 0.2) is 0 Å². The summed E-state index contributed by atoms with van der Waals surface area (Å²) in [6.07, 6.45) is 1.18. The number of anilines is 1. The van der Waals surface area contributed by atoms with E-state index in [1.165, 1.54) is 25.0 Å². The Kier molecular flexibility index (Phi) is 6.63. The number of carbonyl (C=O) groups is 1. The number of amides is 1. The fourth-order valence-corrected chi connectivity index (χ4v) is 2.90. The molecule has 1 unspecified atom stereocenters. The van der Waals surface area contributed by atoms with Crippen molar-refractivity contribution >= 4 is 24.4 Å². The van der Waals surface area contributed by atoms with Crippen LogP contribution in [0.3, 0.4) is 0 Å². The molecule has 2 N–H and O–H groups in total. The summed E-state index contributed by atoms with van der Waals surface area (Å²) in [5, 5.41) is 2.89. The molecule has 0 aliphatic rings. The molecule has 0 bridgehead atoms. The average molecular weight is 392 g/mol. The molecule has 8 heteroatoms. The van der Waals surface area contributed by atoms with E-state index in [9.17, 15) is 14.3 Å². The second kappa shape index (κ2) is 8.55. The van der Waals surface area contributed by atoms with Crippen LogP contribution in [0.2, 0.25) is 0 Å². The minimum absolute atomic E-state index is 0.0485. The first-order chi connectivity index (χ1) is 12.5. The minimum Gasteiger partial charge on any atom is -0.491 e. The summed E-state index contributed by atoms with van der Waals surface area (Å²) >= 11 is 0. The Hall–Kier alpha value is -2.37. The highest BCUT2D eigenvalue weighted by Gasteiger charge is 2.16. The Morgan fingerprint density at radius 2 is 1.63 bits per heavy atom. The van der Waals surface area contributed by atoms with E-state index < -0.39 is 7.37 Å². The fraction of sp³-hybridized carbons (Fsp3) is 0.368. The van der Waals surface area contributed by atoms with Gasteiger partial charge in [-0.2, -0.15) is 0 Å². The predicted octanol–water partition coefficient (Wildman–Crippen LogP) is 3.43. The molecule has 2 rings (SSSR count). The number of carbonyl (C=O) groups excluding carboxylic acids is 1. The van der Waals surface area contributed by atoms with Crippen LogP contribution in [0.5, 0.6) is 11.5 Å². The van der Waals surface area contributed by atoms with Crippen molar-refractivity contribution in [3.05, 3.63) is 42.1 Å².